The SMILES string of the molecule is CCCCCCC[C@@H](O)[C@H]1CCC(=O)O1. The Balaban J connectivity index is 2.03. The molecule has 1 rings (SSSR count). The molecule has 0 aromatic rings. The summed E-state index contributed by atoms with van der Waals surface area (Å²) < 4.78 is 5.01. The van der Waals surface area contributed by atoms with Crippen LogP contribution in [0.15, 0.2) is 0 Å². The van der Waals surface area contributed by atoms with Crippen LogP contribution in [0.1, 0.15) is 58.3 Å². The maximum absolute atomic E-state index is 10.8. The molecule has 0 radical (unpaired) electrons. The Morgan fingerprint density at radius 1 is 1.40 bits per heavy atom. The number of carbonyl (C=O) groups excluding carboxylic acids is 1. The molecule has 3 nitrogen and oxygen atoms in total. The number of ether oxygens (including phenoxy) is 1. The molecule has 1 saturated heterocycles. The number of rotatable bonds is 7. The molecular weight excluding hydrogens is 192 g/mol. The average Bonchev–Trinajstić information content (AvgIpc) is 2.64. The zero-order chi connectivity index (χ0) is 11.1. The van der Waals surface area contributed by atoms with Crippen molar-refractivity contribution in [2.45, 2.75) is 70.5 Å². The predicted octanol–water partition coefficient (Wildman–Crippen LogP) is 2.41. The summed E-state index contributed by atoms with van der Waals surface area (Å²) in [6, 6.07) is 0. The summed E-state index contributed by atoms with van der Waals surface area (Å²) in [4.78, 5) is 10.8. The summed E-state index contributed by atoms with van der Waals surface area (Å²) >= 11 is 0. The number of aliphatic hydroxyl groups excluding tert-OH is 1. The van der Waals surface area contributed by atoms with Crippen LogP contribution in [-0.4, -0.2) is 23.3 Å². The molecule has 0 unspecified atom stereocenters. The monoisotopic (exact) mass is 214 g/mol. The molecule has 0 saturated carbocycles. The summed E-state index contributed by atoms with van der Waals surface area (Å²) in [6.07, 6.45) is 7.21. The van der Waals surface area contributed by atoms with Crippen molar-refractivity contribution in [3.05, 3.63) is 0 Å². The van der Waals surface area contributed by atoms with Crippen LogP contribution in [-0.2, 0) is 9.53 Å². The van der Waals surface area contributed by atoms with Gasteiger partial charge in [0, 0.05) is 6.42 Å². The second-order valence-electron chi connectivity index (χ2n) is 4.34. The lowest BCUT2D eigenvalue weighted by atomic mass is 10.0. The first kappa shape index (κ1) is 12.5. The third kappa shape index (κ3) is 4.65. The Hall–Kier alpha value is -0.570. The first-order chi connectivity index (χ1) is 7.24. The Morgan fingerprint density at radius 3 is 2.73 bits per heavy atom. The van der Waals surface area contributed by atoms with E-state index in [1.807, 2.05) is 0 Å². The van der Waals surface area contributed by atoms with Gasteiger partial charge in [0.15, 0.2) is 0 Å². The van der Waals surface area contributed by atoms with Gasteiger partial charge >= 0.3 is 5.97 Å². The zero-order valence-corrected chi connectivity index (χ0v) is 9.58. The minimum atomic E-state index is -0.446. The number of esters is 1. The second kappa shape index (κ2) is 6.83. The van der Waals surface area contributed by atoms with E-state index in [9.17, 15) is 9.90 Å². The molecule has 1 aliphatic heterocycles. The number of cyclic esters (lactones) is 1. The first-order valence-electron chi connectivity index (χ1n) is 6.11. The van der Waals surface area contributed by atoms with E-state index in [-0.39, 0.29) is 12.1 Å². The van der Waals surface area contributed by atoms with E-state index in [1.54, 1.807) is 0 Å². The molecule has 1 heterocycles. The molecule has 2 atom stereocenters. The van der Waals surface area contributed by atoms with Crippen LogP contribution in [0.25, 0.3) is 0 Å². The predicted molar refractivity (Wildman–Crippen MR) is 58.5 cm³/mol. The summed E-state index contributed by atoms with van der Waals surface area (Å²) in [5.74, 6) is -0.162. The van der Waals surface area contributed by atoms with Crippen LogP contribution < -0.4 is 0 Å². The number of aliphatic hydroxyl groups is 1. The molecule has 0 aromatic carbocycles. The largest absolute Gasteiger partial charge is 0.460 e. The van der Waals surface area contributed by atoms with Crippen LogP contribution in [0.5, 0.6) is 0 Å². The lowest BCUT2D eigenvalue weighted by Gasteiger charge is -2.16. The fraction of sp³-hybridized carbons (Fsp3) is 0.917. The van der Waals surface area contributed by atoms with Gasteiger partial charge in [-0.05, 0) is 12.8 Å². The van der Waals surface area contributed by atoms with Crippen molar-refractivity contribution >= 4 is 5.97 Å². The van der Waals surface area contributed by atoms with Crippen molar-refractivity contribution in [2.24, 2.45) is 0 Å². The van der Waals surface area contributed by atoms with Gasteiger partial charge in [-0.25, -0.2) is 0 Å². The topological polar surface area (TPSA) is 46.5 Å². The van der Waals surface area contributed by atoms with Gasteiger partial charge in [-0.15, -0.1) is 0 Å². The highest BCUT2D eigenvalue weighted by molar-refractivity contribution is 5.71. The average molecular weight is 214 g/mol. The van der Waals surface area contributed by atoms with Gasteiger partial charge in [-0.3, -0.25) is 4.79 Å². The molecule has 15 heavy (non-hydrogen) atoms. The van der Waals surface area contributed by atoms with Gasteiger partial charge in [0.2, 0.25) is 0 Å². The van der Waals surface area contributed by atoms with Gasteiger partial charge < -0.3 is 9.84 Å². The normalized spacial score (nSPS) is 22.8. The second-order valence-corrected chi connectivity index (χ2v) is 4.34. The molecule has 1 N–H and O–H groups in total. The number of unbranched alkanes of at least 4 members (excludes halogenated alkanes) is 4. The van der Waals surface area contributed by atoms with Crippen LogP contribution in [0.3, 0.4) is 0 Å². The molecule has 1 fully saturated rings. The highest BCUT2D eigenvalue weighted by Gasteiger charge is 2.29. The Bertz CT molecular complexity index is 191. The number of hydrogen-bond acceptors (Lipinski definition) is 3. The van der Waals surface area contributed by atoms with E-state index in [1.165, 1.54) is 25.7 Å². The van der Waals surface area contributed by atoms with Crippen molar-refractivity contribution < 1.29 is 14.6 Å². The van der Waals surface area contributed by atoms with Crippen molar-refractivity contribution in [1.82, 2.24) is 0 Å². The van der Waals surface area contributed by atoms with E-state index in [0.717, 1.165) is 12.8 Å². The van der Waals surface area contributed by atoms with E-state index in [0.29, 0.717) is 12.8 Å². The third-order valence-corrected chi connectivity index (χ3v) is 2.95. The first-order valence-corrected chi connectivity index (χ1v) is 6.11. The van der Waals surface area contributed by atoms with Gasteiger partial charge in [0.25, 0.3) is 0 Å². The number of carbonyl (C=O) groups is 1. The highest BCUT2D eigenvalue weighted by atomic mass is 16.6. The Labute approximate surface area is 91.8 Å². The molecule has 1 aliphatic rings. The molecule has 0 amide bonds. The summed E-state index contributed by atoms with van der Waals surface area (Å²) in [5, 5.41) is 9.75. The lowest BCUT2D eigenvalue weighted by molar-refractivity contribution is -0.145. The van der Waals surface area contributed by atoms with Crippen molar-refractivity contribution in [3.8, 4) is 0 Å². The van der Waals surface area contributed by atoms with Crippen LogP contribution in [0.2, 0.25) is 0 Å². The maximum Gasteiger partial charge on any atom is 0.306 e. The van der Waals surface area contributed by atoms with E-state index < -0.39 is 6.10 Å². The molecule has 0 bridgehead atoms. The van der Waals surface area contributed by atoms with Crippen molar-refractivity contribution in [2.75, 3.05) is 0 Å². The summed E-state index contributed by atoms with van der Waals surface area (Å²) in [5.41, 5.74) is 0. The van der Waals surface area contributed by atoms with Crippen LogP contribution in [0.4, 0.5) is 0 Å². The van der Waals surface area contributed by atoms with Crippen LogP contribution in [0, 0.1) is 0 Å². The summed E-state index contributed by atoms with van der Waals surface area (Å²) in [6.45, 7) is 2.19. The number of hydrogen-bond donors (Lipinski definition) is 1. The molecular formula is C12H22O3. The Morgan fingerprint density at radius 2 is 2.13 bits per heavy atom. The minimum absolute atomic E-state index is 0.162. The van der Waals surface area contributed by atoms with E-state index in [2.05, 4.69) is 6.92 Å². The maximum atomic E-state index is 10.8. The Kier molecular flexibility index (Phi) is 5.69. The fourth-order valence-electron chi connectivity index (χ4n) is 1.96. The van der Waals surface area contributed by atoms with Gasteiger partial charge in [0.05, 0.1) is 6.10 Å². The zero-order valence-electron chi connectivity index (χ0n) is 9.58. The molecule has 0 aliphatic carbocycles. The molecule has 0 aromatic heterocycles. The minimum Gasteiger partial charge on any atom is -0.460 e. The van der Waals surface area contributed by atoms with Crippen molar-refractivity contribution in [3.63, 3.8) is 0 Å². The van der Waals surface area contributed by atoms with E-state index in [4.69, 9.17) is 4.74 Å². The summed E-state index contributed by atoms with van der Waals surface area (Å²) in [7, 11) is 0. The smallest absolute Gasteiger partial charge is 0.306 e. The van der Waals surface area contributed by atoms with E-state index >= 15 is 0 Å². The standard InChI is InChI=1S/C12H22O3/c1-2-3-4-5-6-7-10(13)11-8-9-12(14)15-11/h10-11,13H,2-9H2,1H3/t10-,11-/m1/s1. The quantitative estimate of drug-likeness (QED) is 0.523. The molecule has 3 heteroatoms. The lowest BCUT2D eigenvalue weighted by Crippen LogP contribution is -2.25. The molecule has 88 valence electrons. The third-order valence-electron chi connectivity index (χ3n) is 2.95. The highest BCUT2D eigenvalue weighted by Crippen LogP contribution is 2.20. The van der Waals surface area contributed by atoms with Crippen molar-refractivity contribution in [1.29, 1.82) is 0 Å². The fourth-order valence-corrected chi connectivity index (χ4v) is 1.96. The molecule has 0 spiro atoms. The van der Waals surface area contributed by atoms with Gasteiger partial charge in [-0.2, -0.15) is 0 Å². The van der Waals surface area contributed by atoms with Gasteiger partial charge in [-0.1, -0.05) is 39.0 Å². The van der Waals surface area contributed by atoms with Crippen LogP contribution >= 0.6 is 0 Å². The van der Waals surface area contributed by atoms with Gasteiger partial charge in [0.1, 0.15) is 6.10 Å².